The van der Waals surface area contributed by atoms with Gasteiger partial charge in [-0.25, -0.2) is 0 Å². The van der Waals surface area contributed by atoms with Crippen LogP contribution >= 0.6 is 45.9 Å². The summed E-state index contributed by atoms with van der Waals surface area (Å²) >= 11 is 15.7. The normalized spacial score (nSPS) is 8.28. The summed E-state index contributed by atoms with van der Waals surface area (Å²) in [5.74, 6) is 0. The van der Waals surface area contributed by atoms with Crippen molar-refractivity contribution in [3.05, 3.63) is 67.8 Å². The molecule has 0 radical (unpaired) electrons. The molecule has 11 heteroatoms. The largest absolute Gasteiger partial charge is 1.00 e. The fourth-order valence-electron chi connectivity index (χ4n) is 2.39. The minimum absolute atomic E-state index is 0. The van der Waals surface area contributed by atoms with E-state index in [1.54, 1.807) is 22.7 Å². The fraction of sp³-hybridized carbons (Fsp3) is 0.143. The van der Waals surface area contributed by atoms with Crippen molar-refractivity contribution in [2.45, 2.75) is 20.8 Å². The zero-order chi connectivity index (χ0) is 22.0. The van der Waals surface area contributed by atoms with Crippen LogP contribution < -0.4 is 18.9 Å². The molecule has 0 spiro atoms. The van der Waals surface area contributed by atoms with Gasteiger partial charge in [-0.3, -0.25) is 0 Å². The number of carbonyl (C=O) groups excluding carboxylic acids is 4. The van der Waals surface area contributed by atoms with Gasteiger partial charge in [0.15, 0.2) is 0 Å². The van der Waals surface area contributed by atoms with Gasteiger partial charge >= 0.3 is 31.2 Å². The van der Waals surface area contributed by atoms with E-state index in [4.69, 9.17) is 42.4 Å². The number of hydrogen-bond acceptors (Lipinski definition) is 7. The Labute approximate surface area is 214 Å². The van der Waals surface area contributed by atoms with Gasteiger partial charge in [0.25, 0.3) is 0 Å². The van der Waals surface area contributed by atoms with E-state index in [0.717, 1.165) is 21.2 Å². The van der Waals surface area contributed by atoms with E-state index < -0.39 is 0 Å². The van der Waals surface area contributed by atoms with E-state index in [2.05, 4.69) is 48.7 Å². The molecule has 0 aliphatic carbocycles. The summed E-state index contributed by atoms with van der Waals surface area (Å²) in [6, 6.07) is 12.6. The summed E-state index contributed by atoms with van der Waals surface area (Å²) in [4.78, 5) is 33.8. The first kappa shape index (κ1) is 34.8. The fourth-order valence-corrected chi connectivity index (χ4v) is 4.88. The Hall–Kier alpha value is -1.78. The molecule has 6 nitrogen and oxygen atoms in total. The van der Waals surface area contributed by atoms with Crippen molar-refractivity contribution in [3.8, 4) is 0 Å². The third kappa shape index (κ3) is 9.79. The van der Waals surface area contributed by atoms with Gasteiger partial charge in [-0.1, -0.05) is 47.5 Å². The Morgan fingerprint density at radius 3 is 1.69 bits per heavy atom. The molecule has 4 rings (SSSR count). The molecule has 4 aromatic rings. The smallest absolute Gasteiger partial charge is 0.870 e. The molecule has 0 bridgehead atoms. The summed E-state index contributed by atoms with van der Waals surface area (Å²) < 4.78 is 2.42. The molecule has 0 unspecified atom stereocenters. The number of thiophene rings is 2. The van der Waals surface area contributed by atoms with Crippen LogP contribution in [0.1, 0.15) is 16.0 Å². The molecular formula is C21H19Cl2LiO6S2. The maximum atomic E-state index is 8.12. The molecule has 2 aromatic carbocycles. The van der Waals surface area contributed by atoms with Crippen LogP contribution in [0.15, 0.2) is 41.8 Å². The molecule has 3 N–H and O–H groups in total. The molecule has 2 heterocycles. The van der Waals surface area contributed by atoms with E-state index in [9.17, 15) is 0 Å². The SMILES string of the molecule is Cc1cc2ccc(C)c(Cl)c2s1.Cc1ccc2ccsc2c1Cl.O.O=C=O.O=C=O.[Li+].[OH-]. The van der Waals surface area contributed by atoms with Gasteiger partial charge in [0, 0.05) is 4.88 Å². The Morgan fingerprint density at radius 1 is 0.750 bits per heavy atom. The molecule has 0 amide bonds. The van der Waals surface area contributed by atoms with Crippen LogP contribution in [0.5, 0.6) is 0 Å². The zero-order valence-electron chi connectivity index (χ0n) is 17.7. The summed E-state index contributed by atoms with van der Waals surface area (Å²) in [5, 5.41) is 6.37. The predicted octanol–water partition coefficient (Wildman–Crippen LogP) is 2.87. The number of hydrogen-bond donors (Lipinski definition) is 0. The van der Waals surface area contributed by atoms with Crippen LogP contribution in [-0.4, -0.2) is 23.3 Å². The van der Waals surface area contributed by atoms with Gasteiger partial charge in [0.2, 0.25) is 0 Å². The first-order valence-electron chi connectivity index (χ1n) is 8.06. The Morgan fingerprint density at radius 2 is 1.19 bits per heavy atom. The summed E-state index contributed by atoms with van der Waals surface area (Å²) in [5.41, 5.74) is 2.31. The van der Waals surface area contributed by atoms with Gasteiger partial charge in [0.05, 0.1) is 19.4 Å². The van der Waals surface area contributed by atoms with Crippen molar-refractivity contribution in [2.75, 3.05) is 0 Å². The minimum Gasteiger partial charge on any atom is -0.870 e. The molecule has 0 aliphatic rings. The van der Waals surface area contributed by atoms with Crippen LogP contribution in [0.2, 0.25) is 10.0 Å². The number of benzene rings is 2. The first-order valence-corrected chi connectivity index (χ1v) is 10.5. The molecule has 166 valence electrons. The molecule has 2 aromatic heterocycles. The van der Waals surface area contributed by atoms with Crippen molar-refractivity contribution >= 4 is 78.4 Å². The van der Waals surface area contributed by atoms with Crippen LogP contribution in [0.3, 0.4) is 0 Å². The number of fused-ring (bicyclic) bond motifs is 2. The Kier molecular flexibility index (Phi) is 19.3. The molecule has 0 atom stereocenters. The van der Waals surface area contributed by atoms with E-state index in [0.29, 0.717) is 0 Å². The van der Waals surface area contributed by atoms with E-state index >= 15 is 0 Å². The number of halogens is 2. The van der Waals surface area contributed by atoms with Crippen LogP contribution in [0, 0.1) is 20.8 Å². The van der Waals surface area contributed by atoms with E-state index in [1.807, 2.05) is 13.8 Å². The number of rotatable bonds is 0. The number of aryl methyl sites for hydroxylation is 3. The standard InChI is InChI=1S/C10H9ClS.C9H7ClS.2CO2.Li.2H2O/c1-6-3-4-8-5-7(2)12-10(8)9(6)11;1-6-2-3-7-4-5-11-9(7)8(6)10;2*2-1-3;;;/h3-5H,1-2H3;2-5H,1H3;;;;2*1H2/q;;;;+1;;/p-1. The van der Waals surface area contributed by atoms with E-state index in [1.165, 1.54) is 25.0 Å². The average molecular weight is 509 g/mol. The topological polar surface area (TPSA) is 130 Å². The molecule has 0 saturated heterocycles. The quantitative estimate of drug-likeness (QED) is 0.337. The van der Waals surface area contributed by atoms with Crippen LogP contribution in [0.4, 0.5) is 0 Å². The van der Waals surface area contributed by atoms with Gasteiger partial charge in [-0.05, 0) is 60.2 Å². The van der Waals surface area contributed by atoms with Crippen molar-refractivity contribution < 1.29 is 49.0 Å². The first-order chi connectivity index (χ1) is 13.8. The van der Waals surface area contributed by atoms with Gasteiger partial charge in [-0.2, -0.15) is 19.2 Å². The summed E-state index contributed by atoms with van der Waals surface area (Å²) in [7, 11) is 0. The second kappa shape index (κ2) is 17.7. The van der Waals surface area contributed by atoms with Crippen LogP contribution in [0.25, 0.3) is 20.2 Å². The third-order valence-electron chi connectivity index (χ3n) is 3.70. The second-order valence-corrected chi connectivity index (χ2v) is 8.60. The summed E-state index contributed by atoms with van der Waals surface area (Å²) in [6.45, 7) is 6.18. The molecular weight excluding hydrogens is 490 g/mol. The van der Waals surface area contributed by atoms with Crippen molar-refractivity contribution in [1.82, 2.24) is 0 Å². The van der Waals surface area contributed by atoms with Crippen LogP contribution in [-0.2, 0) is 19.2 Å². The Bertz CT molecular complexity index is 1170. The zero-order valence-corrected chi connectivity index (χ0v) is 20.8. The van der Waals surface area contributed by atoms with Gasteiger partial charge in [-0.15, -0.1) is 22.7 Å². The van der Waals surface area contributed by atoms with Crippen molar-refractivity contribution in [1.29, 1.82) is 0 Å². The van der Waals surface area contributed by atoms with Gasteiger partial charge in [0.1, 0.15) is 0 Å². The summed E-state index contributed by atoms with van der Waals surface area (Å²) in [6.07, 6.45) is 0.500. The molecule has 0 aliphatic heterocycles. The molecule has 0 saturated carbocycles. The monoisotopic (exact) mass is 508 g/mol. The maximum absolute atomic E-state index is 8.12. The Balaban J connectivity index is -0.000000394. The van der Waals surface area contributed by atoms with E-state index in [-0.39, 0.29) is 42.1 Å². The maximum Gasteiger partial charge on any atom is 1.00 e. The predicted molar refractivity (Wildman–Crippen MR) is 123 cm³/mol. The van der Waals surface area contributed by atoms with Gasteiger partial charge < -0.3 is 11.0 Å². The minimum atomic E-state index is 0. The second-order valence-electron chi connectivity index (χ2n) is 5.67. The third-order valence-corrected chi connectivity index (χ3v) is 6.93. The van der Waals surface area contributed by atoms with Crippen molar-refractivity contribution in [2.24, 2.45) is 0 Å². The molecule has 32 heavy (non-hydrogen) atoms. The average Bonchev–Trinajstić information content (AvgIpc) is 3.30. The molecule has 0 fully saturated rings. The van der Waals surface area contributed by atoms with Crippen molar-refractivity contribution in [3.63, 3.8) is 0 Å².